The molecule has 0 saturated heterocycles. The van der Waals surface area contributed by atoms with Gasteiger partial charge in [-0.1, -0.05) is 11.6 Å². The molecule has 0 aliphatic carbocycles. The van der Waals surface area contributed by atoms with Crippen LogP contribution in [0.25, 0.3) is 22.1 Å². The lowest BCUT2D eigenvalue weighted by atomic mass is 10.2. The van der Waals surface area contributed by atoms with Gasteiger partial charge >= 0.3 is 0 Å². The number of hydrogen-bond acceptors (Lipinski definition) is 2. The highest BCUT2D eigenvalue weighted by Gasteiger charge is 2.10. The Morgan fingerprint density at radius 1 is 1.27 bits per heavy atom. The van der Waals surface area contributed by atoms with Gasteiger partial charge in [0.2, 0.25) is 5.71 Å². The molecule has 0 bridgehead atoms. The van der Waals surface area contributed by atoms with E-state index in [0.717, 1.165) is 22.6 Å². The lowest BCUT2D eigenvalue weighted by molar-refractivity contribution is 0.111. The maximum Gasteiger partial charge on any atom is 0.206 e. The van der Waals surface area contributed by atoms with Crippen molar-refractivity contribution in [2.75, 3.05) is 0 Å². The first-order valence-corrected chi connectivity index (χ1v) is 4.81. The van der Waals surface area contributed by atoms with E-state index in [1.54, 1.807) is 12.1 Å². The minimum absolute atomic E-state index is 0.505. The first-order chi connectivity index (χ1) is 7.28. The first-order valence-electron chi connectivity index (χ1n) is 4.44. The topological polar surface area (TPSA) is 46.0 Å². The second-order valence-electron chi connectivity index (χ2n) is 3.33. The van der Waals surface area contributed by atoms with Gasteiger partial charge in [0.15, 0.2) is 6.29 Å². The quantitative estimate of drug-likeness (QED) is 0.638. The van der Waals surface area contributed by atoms with E-state index in [4.69, 9.17) is 16.0 Å². The third-order valence-corrected chi connectivity index (χ3v) is 2.61. The van der Waals surface area contributed by atoms with E-state index in [0.29, 0.717) is 16.4 Å². The van der Waals surface area contributed by atoms with E-state index >= 15 is 0 Å². The van der Waals surface area contributed by atoms with Gasteiger partial charge in [-0.05, 0) is 24.3 Å². The van der Waals surface area contributed by atoms with Crippen molar-refractivity contribution in [1.29, 1.82) is 0 Å². The Bertz CT molecular complexity index is 666. The first kappa shape index (κ1) is 8.56. The number of nitrogens with one attached hydrogen (secondary N) is 1. The zero-order valence-corrected chi connectivity index (χ0v) is 8.34. The van der Waals surface area contributed by atoms with Crippen molar-refractivity contribution in [1.82, 2.24) is 4.98 Å². The molecule has 2 heterocycles. The molecule has 0 radical (unpaired) electrons. The van der Waals surface area contributed by atoms with Gasteiger partial charge in [-0.2, -0.15) is 0 Å². The smallest absolute Gasteiger partial charge is 0.206 e. The fourth-order valence-corrected chi connectivity index (χ4v) is 1.88. The molecule has 0 amide bonds. The minimum atomic E-state index is 0.505. The number of H-pyrrole nitrogens is 1. The van der Waals surface area contributed by atoms with Crippen LogP contribution in [0.4, 0.5) is 0 Å². The van der Waals surface area contributed by atoms with Crippen LogP contribution in [0.2, 0.25) is 5.02 Å². The van der Waals surface area contributed by atoms with Crippen molar-refractivity contribution >= 4 is 40.0 Å². The summed E-state index contributed by atoms with van der Waals surface area (Å²) >= 11 is 5.90. The number of aldehydes is 1. The number of carbonyl (C=O) groups excluding carboxylic acids is 1. The average Bonchev–Trinajstić information content (AvgIpc) is 2.75. The number of rotatable bonds is 1. The molecule has 0 spiro atoms. The number of carbonyl (C=O) groups is 1. The SMILES string of the molecule is O=Cc1cc2c([nH]1)oc1ccc(Cl)cc12. The molecule has 0 aliphatic heterocycles. The molecule has 2 aromatic heterocycles. The molecule has 1 N–H and O–H groups in total. The standard InChI is InChI=1S/C11H6ClNO2/c12-6-1-2-10-8(3-6)9-4-7(5-14)13-11(9)15-10/h1-5,13H. The average molecular weight is 220 g/mol. The van der Waals surface area contributed by atoms with Crippen LogP contribution in [0.1, 0.15) is 10.5 Å². The zero-order chi connectivity index (χ0) is 10.4. The number of halogens is 1. The highest BCUT2D eigenvalue weighted by atomic mass is 35.5. The Hall–Kier alpha value is -1.74. The minimum Gasteiger partial charge on any atom is -0.440 e. The van der Waals surface area contributed by atoms with E-state index < -0.39 is 0 Å². The molecular weight excluding hydrogens is 214 g/mol. The van der Waals surface area contributed by atoms with E-state index in [9.17, 15) is 4.79 Å². The van der Waals surface area contributed by atoms with Crippen LogP contribution in [0, 0.1) is 0 Å². The van der Waals surface area contributed by atoms with Crippen LogP contribution in [0.15, 0.2) is 28.7 Å². The second-order valence-corrected chi connectivity index (χ2v) is 3.76. The summed E-state index contributed by atoms with van der Waals surface area (Å²) in [5, 5.41) is 2.45. The predicted octanol–water partition coefficient (Wildman–Crippen LogP) is 3.38. The Morgan fingerprint density at radius 2 is 2.13 bits per heavy atom. The predicted molar refractivity (Wildman–Crippen MR) is 58.5 cm³/mol. The highest BCUT2D eigenvalue weighted by molar-refractivity contribution is 6.31. The Morgan fingerprint density at radius 3 is 2.93 bits per heavy atom. The van der Waals surface area contributed by atoms with Gasteiger partial charge < -0.3 is 9.40 Å². The number of fused-ring (bicyclic) bond motifs is 3. The maximum atomic E-state index is 10.6. The van der Waals surface area contributed by atoms with E-state index in [1.807, 2.05) is 12.1 Å². The van der Waals surface area contributed by atoms with E-state index in [-0.39, 0.29) is 0 Å². The summed E-state index contributed by atoms with van der Waals surface area (Å²) in [5.74, 6) is 0. The number of aromatic nitrogens is 1. The Balaban J connectivity index is 2.47. The van der Waals surface area contributed by atoms with Crippen LogP contribution in [-0.2, 0) is 0 Å². The number of furan rings is 1. The van der Waals surface area contributed by atoms with Gasteiger partial charge in [0.1, 0.15) is 5.58 Å². The lowest BCUT2D eigenvalue weighted by Gasteiger charge is -1.89. The molecule has 0 atom stereocenters. The van der Waals surface area contributed by atoms with Crippen LogP contribution in [0.5, 0.6) is 0 Å². The van der Waals surface area contributed by atoms with Crippen LogP contribution >= 0.6 is 11.6 Å². The molecule has 4 heteroatoms. The van der Waals surface area contributed by atoms with Gasteiger partial charge in [0, 0.05) is 15.8 Å². The van der Waals surface area contributed by atoms with Crippen molar-refractivity contribution in [2.24, 2.45) is 0 Å². The molecule has 15 heavy (non-hydrogen) atoms. The van der Waals surface area contributed by atoms with Gasteiger partial charge in [0.25, 0.3) is 0 Å². The maximum absolute atomic E-state index is 10.6. The van der Waals surface area contributed by atoms with E-state index in [1.165, 1.54) is 0 Å². The van der Waals surface area contributed by atoms with Crippen molar-refractivity contribution in [3.63, 3.8) is 0 Å². The fourth-order valence-electron chi connectivity index (χ4n) is 1.71. The Labute approximate surface area is 89.6 Å². The number of benzene rings is 1. The highest BCUT2D eigenvalue weighted by Crippen LogP contribution is 2.30. The van der Waals surface area contributed by atoms with Crippen LogP contribution in [0.3, 0.4) is 0 Å². The molecular formula is C11H6ClNO2. The summed E-state index contributed by atoms with van der Waals surface area (Å²) in [4.78, 5) is 13.5. The van der Waals surface area contributed by atoms with Crippen molar-refractivity contribution in [3.8, 4) is 0 Å². The van der Waals surface area contributed by atoms with Crippen molar-refractivity contribution in [3.05, 3.63) is 35.0 Å². The monoisotopic (exact) mass is 219 g/mol. The number of aromatic amines is 1. The van der Waals surface area contributed by atoms with Gasteiger partial charge in [-0.25, -0.2) is 0 Å². The fraction of sp³-hybridized carbons (Fsp3) is 0. The molecule has 0 saturated carbocycles. The number of hydrogen-bond donors (Lipinski definition) is 1. The molecule has 0 unspecified atom stereocenters. The summed E-state index contributed by atoms with van der Waals surface area (Å²) in [7, 11) is 0. The summed E-state index contributed by atoms with van der Waals surface area (Å²) < 4.78 is 5.52. The zero-order valence-electron chi connectivity index (χ0n) is 7.58. The molecule has 1 aromatic carbocycles. The molecule has 0 fully saturated rings. The molecule has 3 rings (SSSR count). The summed E-state index contributed by atoms with van der Waals surface area (Å²) in [6, 6.07) is 7.16. The van der Waals surface area contributed by atoms with Gasteiger partial charge in [-0.3, -0.25) is 4.79 Å². The van der Waals surface area contributed by atoms with Gasteiger partial charge in [-0.15, -0.1) is 0 Å². The normalized spacial score (nSPS) is 11.3. The molecule has 3 nitrogen and oxygen atoms in total. The summed E-state index contributed by atoms with van der Waals surface area (Å²) in [5.41, 5.74) is 1.87. The molecule has 0 aliphatic rings. The van der Waals surface area contributed by atoms with Crippen molar-refractivity contribution < 1.29 is 9.21 Å². The second kappa shape index (κ2) is 2.87. The summed E-state index contributed by atoms with van der Waals surface area (Å²) in [6.07, 6.45) is 0.756. The largest absolute Gasteiger partial charge is 0.440 e. The summed E-state index contributed by atoms with van der Waals surface area (Å²) in [6.45, 7) is 0. The van der Waals surface area contributed by atoms with Crippen LogP contribution in [-0.4, -0.2) is 11.3 Å². The Kier molecular flexibility index (Phi) is 1.64. The lowest BCUT2D eigenvalue weighted by Crippen LogP contribution is -1.74. The van der Waals surface area contributed by atoms with Crippen molar-refractivity contribution in [2.45, 2.75) is 0 Å². The third kappa shape index (κ3) is 1.17. The molecule has 74 valence electrons. The molecule has 3 aromatic rings. The van der Waals surface area contributed by atoms with E-state index in [2.05, 4.69) is 4.98 Å². The van der Waals surface area contributed by atoms with Crippen LogP contribution < -0.4 is 0 Å². The third-order valence-electron chi connectivity index (χ3n) is 2.37. The van der Waals surface area contributed by atoms with Gasteiger partial charge in [0.05, 0.1) is 5.69 Å².